The maximum Gasteiger partial charge on any atom is 0.225 e. The van der Waals surface area contributed by atoms with E-state index in [-0.39, 0.29) is 0 Å². The molecule has 0 aliphatic heterocycles. The van der Waals surface area contributed by atoms with Crippen molar-refractivity contribution in [3.63, 3.8) is 0 Å². The van der Waals surface area contributed by atoms with Gasteiger partial charge in [0.05, 0.1) is 0 Å². The zero-order valence-corrected chi connectivity index (χ0v) is 10.8. The van der Waals surface area contributed by atoms with E-state index in [1.54, 1.807) is 0 Å². The Kier molecular flexibility index (Phi) is 3.89. The van der Waals surface area contributed by atoms with Gasteiger partial charge in [0.25, 0.3) is 0 Å². The minimum Gasteiger partial charge on any atom is -0.343 e. The van der Waals surface area contributed by atoms with Gasteiger partial charge in [0.1, 0.15) is 0 Å². The standard InChI is InChI=1S/C14H18N4/c1-11-5-3-4-6-13(11)12-9-16-14(17-10-12)18(2)8-7-15/h3-6,9-10H,7-8,15H2,1-2H3. The molecule has 4 heteroatoms. The zero-order valence-electron chi connectivity index (χ0n) is 10.8. The van der Waals surface area contributed by atoms with Gasteiger partial charge in [-0.2, -0.15) is 0 Å². The molecular weight excluding hydrogens is 224 g/mol. The van der Waals surface area contributed by atoms with Crippen molar-refractivity contribution >= 4 is 5.95 Å². The highest BCUT2D eigenvalue weighted by Gasteiger charge is 2.05. The van der Waals surface area contributed by atoms with Crippen molar-refractivity contribution in [1.29, 1.82) is 0 Å². The number of hydrogen-bond acceptors (Lipinski definition) is 4. The minimum absolute atomic E-state index is 0.597. The summed E-state index contributed by atoms with van der Waals surface area (Å²) in [5, 5.41) is 0. The summed E-state index contributed by atoms with van der Waals surface area (Å²) in [6.07, 6.45) is 3.72. The molecule has 0 saturated heterocycles. The Morgan fingerprint density at radius 3 is 2.44 bits per heavy atom. The van der Waals surface area contributed by atoms with E-state index < -0.39 is 0 Å². The molecule has 1 aromatic heterocycles. The Morgan fingerprint density at radius 1 is 1.17 bits per heavy atom. The molecule has 18 heavy (non-hydrogen) atoms. The molecular formula is C14H18N4. The second kappa shape index (κ2) is 5.60. The minimum atomic E-state index is 0.597. The fourth-order valence-electron chi connectivity index (χ4n) is 1.85. The Morgan fingerprint density at radius 2 is 1.83 bits per heavy atom. The van der Waals surface area contributed by atoms with Crippen LogP contribution in [-0.4, -0.2) is 30.1 Å². The van der Waals surface area contributed by atoms with Crippen molar-refractivity contribution in [2.45, 2.75) is 6.92 Å². The van der Waals surface area contributed by atoms with Crippen molar-refractivity contribution in [1.82, 2.24) is 9.97 Å². The highest BCUT2D eigenvalue weighted by Crippen LogP contribution is 2.22. The van der Waals surface area contributed by atoms with Crippen molar-refractivity contribution in [2.75, 3.05) is 25.0 Å². The van der Waals surface area contributed by atoms with Gasteiger partial charge in [0, 0.05) is 38.1 Å². The summed E-state index contributed by atoms with van der Waals surface area (Å²) in [6, 6.07) is 8.22. The molecule has 0 amide bonds. The first-order valence-electron chi connectivity index (χ1n) is 6.01. The van der Waals surface area contributed by atoms with E-state index in [0.29, 0.717) is 12.5 Å². The SMILES string of the molecule is Cc1ccccc1-c1cnc(N(C)CCN)nc1. The fourth-order valence-corrected chi connectivity index (χ4v) is 1.85. The predicted molar refractivity (Wildman–Crippen MR) is 74.5 cm³/mol. The van der Waals surface area contributed by atoms with Crippen LogP contribution < -0.4 is 10.6 Å². The molecule has 0 spiro atoms. The average molecular weight is 242 g/mol. The number of nitrogens with zero attached hydrogens (tertiary/aromatic N) is 3. The van der Waals surface area contributed by atoms with Crippen LogP contribution in [0.2, 0.25) is 0 Å². The number of anilines is 1. The number of aromatic nitrogens is 2. The third-order valence-electron chi connectivity index (χ3n) is 2.90. The van der Waals surface area contributed by atoms with Crippen molar-refractivity contribution in [3.05, 3.63) is 42.2 Å². The van der Waals surface area contributed by atoms with Gasteiger partial charge in [-0.25, -0.2) is 9.97 Å². The first-order chi connectivity index (χ1) is 8.72. The molecule has 2 N–H and O–H groups in total. The number of benzene rings is 1. The van der Waals surface area contributed by atoms with Gasteiger partial charge in [-0.15, -0.1) is 0 Å². The molecule has 0 aliphatic carbocycles. The summed E-state index contributed by atoms with van der Waals surface area (Å²) in [5.74, 6) is 0.706. The Labute approximate surface area is 107 Å². The summed E-state index contributed by atoms with van der Waals surface area (Å²) >= 11 is 0. The third kappa shape index (κ3) is 2.65. The van der Waals surface area contributed by atoms with Crippen LogP contribution in [0.3, 0.4) is 0 Å². The van der Waals surface area contributed by atoms with E-state index in [1.165, 1.54) is 11.1 Å². The summed E-state index contributed by atoms with van der Waals surface area (Å²) < 4.78 is 0. The first-order valence-corrected chi connectivity index (χ1v) is 6.01. The van der Waals surface area contributed by atoms with Crippen molar-refractivity contribution < 1.29 is 0 Å². The normalized spacial score (nSPS) is 10.4. The fraction of sp³-hybridized carbons (Fsp3) is 0.286. The van der Waals surface area contributed by atoms with Crippen LogP contribution in [0.1, 0.15) is 5.56 Å². The van der Waals surface area contributed by atoms with E-state index in [4.69, 9.17) is 5.73 Å². The van der Waals surface area contributed by atoms with Gasteiger partial charge in [-0.1, -0.05) is 24.3 Å². The molecule has 0 aliphatic rings. The summed E-state index contributed by atoms with van der Waals surface area (Å²) in [7, 11) is 1.94. The Hall–Kier alpha value is -1.94. The molecule has 94 valence electrons. The van der Waals surface area contributed by atoms with E-state index >= 15 is 0 Å². The molecule has 0 unspecified atom stereocenters. The van der Waals surface area contributed by atoms with Gasteiger partial charge in [0.15, 0.2) is 0 Å². The second-order valence-corrected chi connectivity index (χ2v) is 4.30. The first kappa shape index (κ1) is 12.5. The monoisotopic (exact) mass is 242 g/mol. The topological polar surface area (TPSA) is 55.0 Å². The van der Waals surface area contributed by atoms with Crippen molar-refractivity contribution in [2.24, 2.45) is 5.73 Å². The third-order valence-corrected chi connectivity index (χ3v) is 2.90. The number of hydrogen-bond donors (Lipinski definition) is 1. The molecule has 0 saturated carbocycles. The molecule has 2 aromatic rings. The molecule has 1 heterocycles. The lowest BCUT2D eigenvalue weighted by Crippen LogP contribution is -2.26. The second-order valence-electron chi connectivity index (χ2n) is 4.30. The molecule has 0 radical (unpaired) electrons. The maximum atomic E-state index is 5.51. The molecule has 4 nitrogen and oxygen atoms in total. The van der Waals surface area contributed by atoms with Crippen LogP contribution in [0.25, 0.3) is 11.1 Å². The number of aryl methyl sites for hydroxylation is 1. The highest BCUT2D eigenvalue weighted by molar-refractivity contribution is 5.65. The van der Waals surface area contributed by atoms with Gasteiger partial charge in [-0.3, -0.25) is 0 Å². The van der Waals surface area contributed by atoms with Crippen molar-refractivity contribution in [3.8, 4) is 11.1 Å². The molecule has 0 atom stereocenters. The maximum absolute atomic E-state index is 5.51. The zero-order chi connectivity index (χ0) is 13.0. The number of likely N-dealkylation sites (N-methyl/N-ethyl adjacent to an activating group) is 1. The van der Waals surface area contributed by atoms with Gasteiger partial charge >= 0.3 is 0 Å². The average Bonchev–Trinajstić information content (AvgIpc) is 2.40. The smallest absolute Gasteiger partial charge is 0.225 e. The van der Waals surface area contributed by atoms with E-state index in [2.05, 4.69) is 29.0 Å². The lowest BCUT2D eigenvalue weighted by Gasteiger charge is -2.15. The quantitative estimate of drug-likeness (QED) is 0.889. The van der Waals surface area contributed by atoms with E-state index in [0.717, 1.165) is 12.1 Å². The Bertz CT molecular complexity index is 507. The van der Waals surface area contributed by atoms with Gasteiger partial charge in [-0.05, 0) is 18.1 Å². The van der Waals surface area contributed by atoms with E-state index in [1.807, 2.05) is 36.5 Å². The molecule has 0 fully saturated rings. The predicted octanol–water partition coefficient (Wildman–Crippen LogP) is 1.85. The molecule has 0 bridgehead atoms. The summed E-state index contributed by atoms with van der Waals surface area (Å²) in [5.41, 5.74) is 8.95. The van der Waals surface area contributed by atoms with E-state index in [9.17, 15) is 0 Å². The summed E-state index contributed by atoms with van der Waals surface area (Å²) in [4.78, 5) is 10.7. The molecule has 1 aromatic carbocycles. The number of nitrogens with two attached hydrogens (primary N) is 1. The van der Waals surface area contributed by atoms with Crippen LogP contribution in [0.15, 0.2) is 36.7 Å². The van der Waals surface area contributed by atoms with Crippen LogP contribution >= 0.6 is 0 Å². The van der Waals surface area contributed by atoms with Crippen LogP contribution in [0.4, 0.5) is 5.95 Å². The largest absolute Gasteiger partial charge is 0.343 e. The summed E-state index contributed by atoms with van der Waals surface area (Å²) in [6.45, 7) is 3.44. The van der Waals surface area contributed by atoms with Gasteiger partial charge < -0.3 is 10.6 Å². The van der Waals surface area contributed by atoms with Gasteiger partial charge in [0.2, 0.25) is 5.95 Å². The molecule has 2 rings (SSSR count). The van der Waals surface area contributed by atoms with Crippen LogP contribution in [0.5, 0.6) is 0 Å². The lowest BCUT2D eigenvalue weighted by molar-refractivity contribution is 0.846. The Balaban J connectivity index is 2.25. The van der Waals surface area contributed by atoms with Crippen LogP contribution in [0, 0.1) is 6.92 Å². The lowest BCUT2D eigenvalue weighted by atomic mass is 10.0. The number of rotatable bonds is 4. The highest BCUT2D eigenvalue weighted by atomic mass is 15.2. The van der Waals surface area contributed by atoms with Crippen LogP contribution in [-0.2, 0) is 0 Å².